The minimum absolute atomic E-state index is 0.0542. The smallest absolute Gasteiger partial charge is 0.223 e. The monoisotopic (exact) mass is 343 g/mol. The van der Waals surface area contributed by atoms with Gasteiger partial charge in [-0.1, -0.05) is 6.42 Å². The number of hydrogen-bond donors (Lipinski definition) is 2. The molecule has 23 heavy (non-hydrogen) atoms. The van der Waals surface area contributed by atoms with E-state index in [2.05, 4.69) is 5.32 Å². The van der Waals surface area contributed by atoms with Crippen LogP contribution in [0.4, 0.5) is 0 Å². The lowest BCUT2D eigenvalue weighted by Gasteiger charge is -2.44. The van der Waals surface area contributed by atoms with Crippen molar-refractivity contribution < 1.29 is 13.2 Å². The Morgan fingerprint density at radius 1 is 1.13 bits per heavy atom. The van der Waals surface area contributed by atoms with Gasteiger partial charge in [0.15, 0.2) is 0 Å². The third-order valence-corrected chi connectivity index (χ3v) is 7.25. The summed E-state index contributed by atoms with van der Waals surface area (Å²) in [6.45, 7) is 0.970. The van der Waals surface area contributed by atoms with Crippen LogP contribution in [0.25, 0.3) is 0 Å². The summed E-state index contributed by atoms with van der Waals surface area (Å²) in [5.41, 5.74) is 6.29. The lowest BCUT2D eigenvalue weighted by atomic mass is 9.65. The molecule has 1 heterocycles. The summed E-state index contributed by atoms with van der Waals surface area (Å²) in [7, 11) is -3.17. The number of nitrogens with one attached hydrogen (secondary N) is 1. The zero-order chi connectivity index (χ0) is 16.6. The first kappa shape index (κ1) is 17.2. The van der Waals surface area contributed by atoms with Gasteiger partial charge in [-0.2, -0.15) is 0 Å². The number of hydrogen-bond acceptors (Lipinski definition) is 4. The normalized spacial score (nSPS) is 39.0. The predicted octanol–water partition coefficient (Wildman–Crippen LogP) is 0.680. The van der Waals surface area contributed by atoms with Crippen LogP contribution < -0.4 is 11.1 Å². The molecule has 0 aromatic heterocycles. The maximum absolute atomic E-state index is 12.6. The van der Waals surface area contributed by atoms with Gasteiger partial charge in [0.05, 0.1) is 6.26 Å². The third-order valence-electron chi connectivity index (χ3n) is 5.98. The molecule has 3 rings (SSSR count). The zero-order valence-electron chi connectivity index (χ0n) is 13.9. The fourth-order valence-electron chi connectivity index (χ4n) is 4.68. The maximum Gasteiger partial charge on any atom is 0.223 e. The average Bonchev–Trinajstić information content (AvgIpc) is 2.46. The Hall–Kier alpha value is -0.660. The number of carbonyl (C=O) groups excluding carboxylic acids is 1. The highest BCUT2D eigenvalue weighted by Gasteiger charge is 2.41. The van der Waals surface area contributed by atoms with Crippen LogP contribution in [0.1, 0.15) is 44.9 Å². The van der Waals surface area contributed by atoms with Crippen LogP contribution in [0.2, 0.25) is 0 Å². The van der Waals surface area contributed by atoms with Crippen molar-refractivity contribution in [2.24, 2.45) is 23.5 Å². The molecule has 1 aliphatic heterocycles. The first-order valence-corrected chi connectivity index (χ1v) is 10.7. The fourth-order valence-corrected chi connectivity index (χ4v) is 5.60. The van der Waals surface area contributed by atoms with E-state index in [4.69, 9.17) is 5.73 Å². The first-order valence-electron chi connectivity index (χ1n) is 8.85. The number of fused-ring (bicyclic) bond motifs is 2. The van der Waals surface area contributed by atoms with Crippen LogP contribution >= 0.6 is 0 Å². The van der Waals surface area contributed by atoms with Crippen molar-refractivity contribution in [2.45, 2.75) is 57.0 Å². The summed E-state index contributed by atoms with van der Waals surface area (Å²) >= 11 is 0. The van der Waals surface area contributed by atoms with Crippen LogP contribution in [0, 0.1) is 17.8 Å². The van der Waals surface area contributed by atoms with Crippen LogP contribution in [0.15, 0.2) is 0 Å². The van der Waals surface area contributed by atoms with Crippen molar-refractivity contribution in [3.63, 3.8) is 0 Å². The predicted molar refractivity (Wildman–Crippen MR) is 89.1 cm³/mol. The standard InChI is InChI=1S/C16H29N3O3S/c1-23(21,22)19-7-3-6-14(10-19)18-16(20)13-8-11-4-2-5-12(9-13)15(11)17/h11-15H,2-10,17H2,1H3,(H,18,20). The van der Waals surface area contributed by atoms with E-state index >= 15 is 0 Å². The van der Waals surface area contributed by atoms with Crippen LogP contribution in [-0.4, -0.2) is 50.1 Å². The second kappa shape index (κ2) is 6.69. The van der Waals surface area contributed by atoms with Gasteiger partial charge in [0, 0.05) is 31.1 Å². The molecule has 0 aromatic carbocycles. The molecular formula is C16H29N3O3S. The molecule has 1 amide bonds. The molecular weight excluding hydrogens is 314 g/mol. The molecule has 132 valence electrons. The molecule has 3 aliphatic rings. The summed E-state index contributed by atoms with van der Waals surface area (Å²) in [5.74, 6) is 1.13. The summed E-state index contributed by atoms with van der Waals surface area (Å²) in [6.07, 6.45) is 8.22. The number of sulfonamides is 1. The van der Waals surface area contributed by atoms with Crippen molar-refractivity contribution in [3.8, 4) is 0 Å². The Labute approximate surface area is 139 Å². The number of carbonyl (C=O) groups is 1. The highest BCUT2D eigenvalue weighted by molar-refractivity contribution is 7.88. The van der Waals surface area contributed by atoms with E-state index in [1.807, 2.05) is 0 Å². The van der Waals surface area contributed by atoms with E-state index < -0.39 is 10.0 Å². The summed E-state index contributed by atoms with van der Waals surface area (Å²) in [4.78, 5) is 12.6. The zero-order valence-corrected chi connectivity index (χ0v) is 14.7. The van der Waals surface area contributed by atoms with Crippen molar-refractivity contribution in [2.75, 3.05) is 19.3 Å². The van der Waals surface area contributed by atoms with Gasteiger partial charge in [-0.25, -0.2) is 12.7 Å². The van der Waals surface area contributed by atoms with Gasteiger partial charge in [-0.15, -0.1) is 0 Å². The molecule has 3 fully saturated rings. The first-order chi connectivity index (χ1) is 10.8. The van der Waals surface area contributed by atoms with Crippen molar-refractivity contribution in [1.29, 1.82) is 0 Å². The molecule has 6 nitrogen and oxygen atoms in total. The quantitative estimate of drug-likeness (QED) is 0.788. The average molecular weight is 343 g/mol. The lowest BCUT2D eigenvalue weighted by molar-refractivity contribution is -0.128. The molecule has 0 spiro atoms. The van der Waals surface area contributed by atoms with Gasteiger partial charge in [0.2, 0.25) is 15.9 Å². The molecule has 2 saturated carbocycles. The van der Waals surface area contributed by atoms with Gasteiger partial charge in [0.1, 0.15) is 0 Å². The van der Waals surface area contributed by atoms with Crippen LogP contribution in [-0.2, 0) is 14.8 Å². The Kier molecular flexibility index (Phi) is 4.99. The Morgan fingerprint density at radius 3 is 2.39 bits per heavy atom. The summed E-state index contributed by atoms with van der Waals surface area (Å²) in [6, 6.07) is 0.213. The Bertz CT molecular complexity index is 537. The molecule has 7 heteroatoms. The number of nitrogens with zero attached hydrogens (tertiary/aromatic N) is 1. The number of nitrogens with two attached hydrogens (primary N) is 1. The molecule has 1 saturated heterocycles. The van der Waals surface area contributed by atoms with E-state index in [9.17, 15) is 13.2 Å². The van der Waals surface area contributed by atoms with Crippen molar-refractivity contribution in [3.05, 3.63) is 0 Å². The maximum atomic E-state index is 12.6. The van der Waals surface area contributed by atoms with Gasteiger partial charge in [-0.05, 0) is 50.4 Å². The minimum Gasteiger partial charge on any atom is -0.352 e. The highest BCUT2D eigenvalue weighted by Crippen LogP contribution is 2.41. The van der Waals surface area contributed by atoms with Gasteiger partial charge >= 0.3 is 0 Å². The Balaban J connectivity index is 1.57. The van der Waals surface area contributed by atoms with Crippen molar-refractivity contribution in [1.82, 2.24) is 9.62 Å². The van der Waals surface area contributed by atoms with E-state index in [-0.39, 0.29) is 23.9 Å². The molecule has 2 aliphatic carbocycles. The van der Waals surface area contributed by atoms with Gasteiger partial charge in [-0.3, -0.25) is 4.79 Å². The van der Waals surface area contributed by atoms with E-state index in [0.29, 0.717) is 24.9 Å². The molecule has 3 N–H and O–H groups in total. The summed E-state index contributed by atoms with van der Waals surface area (Å²) in [5, 5.41) is 3.11. The van der Waals surface area contributed by atoms with Crippen molar-refractivity contribution >= 4 is 15.9 Å². The molecule has 0 radical (unpaired) electrons. The topological polar surface area (TPSA) is 92.5 Å². The number of piperidine rings is 1. The lowest BCUT2D eigenvalue weighted by Crippen LogP contribution is -2.53. The van der Waals surface area contributed by atoms with Gasteiger partial charge in [0.25, 0.3) is 0 Å². The van der Waals surface area contributed by atoms with Gasteiger partial charge < -0.3 is 11.1 Å². The number of amides is 1. The van der Waals surface area contributed by atoms with E-state index in [0.717, 1.165) is 38.5 Å². The third kappa shape index (κ3) is 3.88. The SMILES string of the molecule is CS(=O)(=O)N1CCCC(NC(=O)C2CC3CCCC(C2)C3N)C1. The highest BCUT2D eigenvalue weighted by atomic mass is 32.2. The second-order valence-corrected chi connectivity index (χ2v) is 9.65. The molecule has 3 unspecified atom stereocenters. The van der Waals surface area contributed by atoms with E-state index in [1.165, 1.54) is 17.0 Å². The summed E-state index contributed by atoms with van der Waals surface area (Å²) < 4.78 is 24.9. The van der Waals surface area contributed by atoms with Crippen LogP contribution in [0.5, 0.6) is 0 Å². The second-order valence-electron chi connectivity index (χ2n) is 7.67. The number of rotatable bonds is 3. The fraction of sp³-hybridized carbons (Fsp3) is 0.938. The molecule has 3 atom stereocenters. The molecule has 0 aromatic rings. The van der Waals surface area contributed by atoms with E-state index in [1.54, 1.807) is 0 Å². The van der Waals surface area contributed by atoms with Crippen LogP contribution in [0.3, 0.4) is 0 Å². The molecule has 2 bridgehead atoms. The largest absolute Gasteiger partial charge is 0.352 e. The Morgan fingerprint density at radius 2 is 1.78 bits per heavy atom. The minimum atomic E-state index is -3.17.